The van der Waals surface area contributed by atoms with Crippen LogP contribution >= 0.6 is 68.0 Å². The molecule has 9 aromatic heterocycles. The number of amides is 10. The maximum absolute atomic E-state index is 13.3. The number of aromatic nitrogens is 9. The number of carbonyl (C=O) groups is 11. The lowest BCUT2D eigenvalue weighted by molar-refractivity contribution is -0.119. The van der Waals surface area contributed by atoms with Crippen molar-refractivity contribution in [2.75, 3.05) is 68.6 Å². The summed E-state index contributed by atoms with van der Waals surface area (Å²) in [5.41, 5.74) is 36.0. The maximum atomic E-state index is 13.3. The number of hydrogen-bond acceptors (Lipinski definition) is 27. The normalized spacial score (nSPS) is 11.1. The average molecular weight is 1860 g/mol. The van der Waals surface area contributed by atoms with Gasteiger partial charge in [0.15, 0.2) is 15.4 Å². The summed E-state index contributed by atoms with van der Waals surface area (Å²) in [6.45, 7) is 11.4. The SMILES string of the molecule is CC(C)(C)OC(=O)Nc1nc(-c2ccc(C(=O)O)s2)cs1.CN(C(=O)c1ccccc1)c1ccc2c(c1)nc(N)n2CCC(N)=O.CN(C(=O)c1ccccc1)c1ccc2c(c1)nc(NC(=O)c1ccc(-c3csc(N)n3)s1)n2CCC(N)=O.CN(C(=O)c1ccccc1)c1ccc2c(c1)nc(NC(=O)c1ccc(-c3csc(NC(=O)OC(C)(C)C)n3)s1)n2CCC(N)=O. The predicted molar refractivity (Wildman–Crippen MR) is 506 cm³/mol. The topological polar surface area (TPSA) is 507 Å². The number of nitrogens with one attached hydrogen (secondary N) is 4. The summed E-state index contributed by atoms with van der Waals surface area (Å²) in [5.74, 6) is -2.72. The highest BCUT2D eigenvalue weighted by Gasteiger charge is 2.27. The van der Waals surface area contributed by atoms with Gasteiger partial charge in [0.2, 0.25) is 35.6 Å². The fourth-order valence-corrected chi connectivity index (χ4v) is 17.1. The van der Waals surface area contributed by atoms with Crippen LogP contribution in [-0.2, 0) is 43.5 Å². The van der Waals surface area contributed by atoms with Crippen LogP contribution in [0.25, 0.3) is 64.8 Å². The molecule has 0 spiro atoms. The number of rotatable bonds is 25. The third-order valence-corrected chi connectivity index (χ3v) is 24.0. The van der Waals surface area contributed by atoms with Crippen molar-refractivity contribution in [1.82, 2.24) is 43.6 Å². The number of aryl methyl sites for hydroxylation is 3. The zero-order valence-electron chi connectivity index (χ0n) is 70.8. The summed E-state index contributed by atoms with van der Waals surface area (Å²) < 4.78 is 15.6. The first-order chi connectivity index (χ1) is 61.4. The van der Waals surface area contributed by atoms with Crippen LogP contribution in [-0.4, -0.2) is 146 Å². The van der Waals surface area contributed by atoms with E-state index in [2.05, 4.69) is 51.2 Å². The number of carboxylic acids is 1. The molecule has 15 N–H and O–H groups in total. The third kappa shape index (κ3) is 24.4. The van der Waals surface area contributed by atoms with E-state index in [-0.39, 0.29) is 72.8 Å². The number of imidazole rings is 3. The monoisotopic (exact) mass is 1850 g/mol. The molecule has 0 saturated carbocycles. The Morgan fingerprint density at radius 3 is 1.05 bits per heavy atom. The number of anilines is 9. The quantitative estimate of drug-likeness (QED) is 0.0254. The van der Waals surface area contributed by atoms with Crippen molar-refractivity contribution in [2.24, 2.45) is 17.2 Å². The first kappa shape index (κ1) is 93.3. The van der Waals surface area contributed by atoms with Crippen molar-refractivity contribution >= 4 is 217 Å². The van der Waals surface area contributed by atoms with Gasteiger partial charge >= 0.3 is 18.2 Å². The summed E-state index contributed by atoms with van der Waals surface area (Å²) in [7, 11) is 5.08. The van der Waals surface area contributed by atoms with E-state index in [1.807, 2.05) is 66.0 Å². The van der Waals surface area contributed by atoms with Crippen molar-refractivity contribution in [1.29, 1.82) is 0 Å². The summed E-state index contributed by atoms with van der Waals surface area (Å²) in [4.78, 5) is 168. The van der Waals surface area contributed by atoms with Gasteiger partial charge in [-0.25, -0.2) is 44.3 Å². The Labute approximate surface area is 761 Å². The van der Waals surface area contributed by atoms with E-state index in [4.69, 9.17) is 43.2 Å². The molecule has 9 heterocycles. The molecular weight excluding hydrogens is 1770 g/mol. The maximum Gasteiger partial charge on any atom is 0.413 e. The fraction of sp³-hybridized carbons (Fsp3) is 0.193. The summed E-state index contributed by atoms with van der Waals surface area (Å²) in [6, 6.07) is 53.3. The molecule has 0 atom stereocenters. The van der Waals surface area contributed by atoms with Crippen LogP contribution < -0.4 is 64.6 Å². The third-order valence-electron chi connectivity index (χ3n) is 18.5. The molecule has 664 valence electrons. The van der Waals surface area contributed by atoms with Gasteiger partial charge in [0.1, 0.15) is 16.1 Å². The molecule has 0 saturated heterocycles. The number of primary amides is 3. The van der Waals surface area contributed by atoms with Crippen LogP contribution in [0.3, 0.4) is 0 Å². The molecule has 0 bridgehead atoms. The molecule has 35 nitrogen and oxygen atoms in total. The highest BCUT2D eigenvalue weighted by atomic mass is 32.1. The molecule has 129 heavy (non-hydrogen) atoms. The molecule has 15 rings (SSSR count). The zero-order valence-corrected chi connectivity index (χ0v) is 75.7. The Hall–Kier alpha value is -14.9. The number of thiophene rings is 3. The van der Waals surface area contributed by atoms with Gasteiger partial charge < -0.3 is 71.6 Å². The number of nitrogens with zero attached hydrogens (tertiary/aromatic N) is 12. The molecule has 0 aliphatic rings. The Morgan fingerprint density at radius 1 is 0.395 bits per heavy atom. The Bertz CT molecular complexity index is 6670. The lowest BCUT2D eigenvalue weighted by Gasteiger charge is -2.18. The minimum atomic E-state index is -0.964. The van der Waals surface area contributed by atoms with Gasteiger partial charge in [-0.05, 0) is 169 Å². The van der Waals surface area contributed by atoms with Crippen molar-refractivity contribution in [3.8, 4) is 31.7 Å². The second kappa shape index (κ2) is 41.0. The van der Waals surface area contributed by atoms with E-state index < -0.39 is 53.0 Å². The van der Waals surface area contributed by atoms with Crippen molar-refractivity contribution in [3.63, 3.8) is 0 Å². The molecule has 0 unspecified atom stereocenters. The molecule has 0 aliphatic heterocycles. The number of fused-ring (bicyclic) bond motifs is 3. The minimum absolute atomic E-state index is 0.0368. The molecule has 0 fully saturated rings. The highest BCUT2D eigenvalue weighted by Crippen LogP contribution is 2.37. The first-order valence-corrected chi connectivity index (χ1v) is 44.4. The van der Waals surface area contributed by atoms with Crippen molar-refractivity contribution in [2.45, 2.75) is 91.6 Å². The fourth-order valence-electron chi connectivity index (χ4n) is 12.4. The van der Waals surface area contributed by atoms with Gasteiger partial charge in [-0.1, -0.05) is 54.6 Å². The molecule has 10 amide bonds. The van der Waals surface area contributed by atoms with E-state index in [0.29, 0.717) is 116 Å². The van der Waals surface area contributed by atoms with Crippen LogP contribution in [0.2, 0.25) is 0 Å². The number of carboxylic acid groups (broad SMARTS) is 1. The predicted octanol–water partition coefficient (Wildman–Crippen LogP) is 15.9. The van der Waals surface area contributed by atoms with Crippen LogP contribution in [0.1, 0.15) is 121 Å². The van der Waals surface area contributed by atoms with Gasteiger partial charge in [-0.3, -0.25) is 59.6 Å². The number of nitrogen functional groups attached to an aromatic ring is 2. The molecule has 0 radical (unpaired) electrons. The average Bonchev–Trinajstić information content (AvgIpc) is 1.64. The van der Waals surface area contributed by atoms with E-state index in [0.717, 1.165) is 31.5 Å². The highest BCUT2D eigenvalue weighted by molar-refractivity contribution is 7.19. The zero-order chi connectivity index (χ0) is 92.7. The van der Waals surface area contributed by atoms with E-state index in [1.54, 1.807) is 207 Å². The molecule has 6 aromatic carbocycles. The number of ether oxygens (including phenoxy) is 2. The van der Waals surface area contributed by atoms with Crippen LogP contribution in [0.5, 0.6) is 0 Å². The number of hydrogen-bond donors (Lipinski definition) is 10. The summed E-state index contributed by atoms with van der Waals surface area (Å²) in [6.07, 6.45) is -0.883. The van der Waals surface area contributed by atoms with Gasteiger partial charge in [-0.15, -0.1) is 68.0 Å². The molecule has 15 aromatic rings. The van der Waals surface area contributed by atoms with Gasteiger partial charge in [0, 0.05) is 110 Å². The number of aromatic carboxylic acids is 1. The summed E-state index contributed by atoms with van der Waals surface area (Å²) in [5, 5.41) is 26.4. The Balaban J connectivity index is 0.000000162. The largest absolute Gasteiger partial charge is 0.477 e. The number of nitrogens with two attached hydrogens (primary N) is 5. The lowest BCUT2D eigenvalue weighted by atomic mass is 10.2. The van der Waals surface area contributed by atoms with Crippen LogP contribution in [0.4, 0.5) is 59.9 Å². The second-order valence-corrected chi connectivity index (χ2v) is 36.1. The van der Waals surface area contributed by atoms with E-state index in [9.17, 15) is 52.7 Å². The van der Waals surface area contributed by atoms with Gasteiger partial charge in [0.05, 0.1) is 74.6 Å². The van der Waals surface area contributed by atoms with Crippen LogP contribution in [0, 0.1) is 0 Å². The molecule has 0 aliphatic carbocycles. The molecular formula is C88H87N21O14S6. The number of benzene rings is 6. The summed E-state index contributed by atoms with van der Waals surface area (Å²) >= 11 is 7.48. The van der Waals surface area contributed by atoms with E-state index >= 15 is 0 Å². The van der Waals surface area contributed by atoms with Crippen molar-refractivity contribution < 1.29 is 67.3 Å². The molecule has 41 heteroatoms. The minimum Gasteiger partial charge on any atom is -0.477 e. The first-order valence-electron chi connectivity index (χ1n) is 39.3. The van der Waals surface area contributed by atoms with E-state index in [1.165, 1.54) is 72.6 Å². The van der Waals surface area contributed by atoms with Crippen molar-refractivity contribution in [3.05, 3.63) is 229 Å². The lowest BCUT2D eigenvalue weighted by Crippen LogP contribution is -2.27. The van der Waals surface area contributed by atoms with Gasteiger partial charge in [-0.2, -0.15) is 0 Å². The smallest absolute Gasteiger partial charge is 0.413 e. The van der Waals surface area contributed by atoms with Gasteiger partial charge in [0.25, 0.3) is 29.5 Å². The number of carbonyl (C=O) groups excluding carboxylic acids is 10. The second-order valence-electron chi connectivity index (χ2n) is 30.3. The van der Waals surface area contributed by atoms with Crippen LogP contribution in [0.15, 0.2) is 198 Å². The Morgan fingerprint density at radius 2 is 0.721 bits per heavy atom. The standard InChI is InChI=1S/C31H31N7O5S2.C26H23N7O3S2.C18H19N5O2.C13H14N2O4S2/c1-31(2,3)43-30(42)36-29-34-21(17-44-29)23-12-13-24(45-23)26(40)35-28-33-20-16-19(10-11-22(20)38(28)15-14-25(32)39)37(4)27(41)18-8-6-5-7-9-18;1-32(24(36)15-5-3-2-4-6-15)16-7-8-19-17(13-16)30-26(33(19)12-11-22(27)34)31-23(35)21-10-9-20(38-21)18-14-37-25(28)29-18;1-22(17(25)12-5-3-2-4-6-12)13-7-8-15-14(11-13)21-18(20)23(15)10-9-16(19)24;1-13(2,3)19-12(18)15-11-14-7(6-20-11)8-4-5-9(21-8)10(16)17/h5-13,16-17H,14-15H2,1-4H3,(H2,32,39)(H,33,35,40)(H,34,36,42);2-10,13-14H,11-12H2,1H3,(H2,27,34)(H2,28,29)(H,30,31,35);2-8,11H,9-10H2,1H3,(H2,19,24)(H2,20,21);4-6H,1-3H3,(H,16,17)(H,14,15,18). The number of thiazole rings is 3. The Kier molecular flexibility index (Phi) is 29.7.